The molecule has 2 unspecified atom stereocenters. The molecule has 4 heterocycles. The van der Waals surface area contributed by atoms with Crippen LogP contribution in [0, 0.1) is 0 Å². The molecule has 2 amide bonds. The lowest BCUT2D eigenvalue weighted by atomic mass is 9.81. The molecule has 1 saturated carbocycles. The van der Waals surface area contributed by atoms with E-state index in [1.54, 1.807) is 27.0 Å². The molecule has 272 valence electrons. The van der Waals surface area contributed by atoms with E-state index in [4.69, 9.17) is 4.74 Å². The number of sulfonamides is 1. The van der Waals surface area contributed by atoms with Crippen molar-refractivity contribution in [2.75, 3.05) is 27.2 Å². The number of nitrogens with one attached hydrogen (secondary N) is 1. The lowest BCUT2D eigenvalue weighted by Gasteiger charge is -2.39. The molecular formula is C42H48N4O5S. The lowest BCUT2D eigenvalue weighted by Crippen LogP contribution is -2.54. The lowest BCUT2D eigenvalue weighted by molar-refractivity contribution is 0.0472. The minimum atomic E-state index is -3.82. The Balaban J connectivity index is 1.32. The highest BCUT2D eigenvalue weighted by Gasteiger charge is 2.42. The summed E-state index contributed by atoms with van der Waals surface area (Å²) < 4.78 is 35.8. The number of ether oxygens (including phenoxy) is 1. The first-order valence-electron chi connectivity index (χ1n) is 18.8. The third-order valence-corrected chi connectivity index (χ3v) is 13.5. The van der Waals surface area contributed by atoms with E-state index >= 15 is 0 Å². The number of hydrogen-bond acceptors (Lipinski definition) is 6. The fourth-order valence-corrected chi connectivity index (χ4v) is 9.80. The number of rotatable bonds is 7. The number of likely N-dealkylation sites (tertiary alicyclic amines) is 1. The van der Waals surface area contributed by atoms with Crippen LogP contribution in [0.1, 0.15) is 102 Å². The van der Waals surface area contributed by atoms with Gasteiger partial charge < -0.3 is 19.1 Å². The van der Waals surface area contributed by atoms with Crippen LogP contribution in [-0.4, -0.2) is 79.2 Å². The zero-order chi connectivity index (χ0) is 36.3. The van der Waals surface area contributed by atoms with Gasteiger partial charge in [0.15, 0.2) is 0 Å². The second kappa shape index (κ2) is 13.5. The highest BCUT2D eigenvalue weighted by Crippen LogP contribution is 2.48. The largest absolute Gasteiger partial charge is 0.497 e. The number of allylic oxidation sites excluding steroid dienone is 1. The van der Waals surface area contributed by atoms with E-state index in [9.17, 15) is 18.0 Å². The van der Waals surface area contributed by atoms with Crippen molar-refractivity contribution in [3.63, 3.8) is 0 Å². The number of carbonyl (C=O) groups is 2. The second-order valence-corrected chi connectivity index (χ2v) is 17.7. The summed E-state index contributed by atoms with van der Waals surface area (Å²) in [6, 6.07) is 20.2. The van der Waals surface area contributed by atoms with Gasteiger partial charge in [0.05, 0.1) is 18.1 Å². The third kappa shape index (κ3) is 6.03. The zero-order valence-electron chi connectivity index (χ0n) is 30.5. The molecule has 0 spiro atoms. The average molecular weight is 721 g/mol. The topological polar surface area (TPSA) is 101 Å². The average Bonchev–Trinajstić information content (AvgIpc) is 3.53. The van der Waals surface area contributed by atoms with E-state index in [0.717, 1.165) is 96.2 Å². The Morgan fingerprint density at radius 2 is 1.62 bits per heavy atom. The number of aromatic nitrogens is 1. The molecule has 1 N–H and O–H groups in total. The summed E-state index contributed by atoms with van der Waals surface area (Å²) in [5.41, 5.74) is 8.21. The highest BCUT2D eigenvalue weighted by atomic mass is 32.2. The summed E-state index contributed by atoms with van der Waals surface area (Å²) in [7, 11) is -0.000832. The fourth-order valence-electron chi connectivity index (χ4n) is 9.19. The van der Waals surface area contributed by atoms with Crippen molar-refractivity contribution in [2.45, 2.75) is 88.6 Å². The first kappa shape index (κ1) is 34.7. The van der Waals surface area contributed by atoms with Crippen LogP contribution in [0.5, 0.6) is 5.75 Å². The van der Waals surface area contributed by atoms with Crippen LogP contribution in [0.15, 0.2) is 60.7 Å². The van der Waals surface area contributed by atoms with E-state index < -0.39 is 21.2 Å². The fraction of sp³-hybridized carbons (Fsp3) is 0.429. The van der Waals surface area contributed by atoms with Gasteiger partial charge in [0.2, 0.25) is 10.0 Å². The molecule has 1 aromatic heterocycles. The van der Waals surface area contributed by atoms with Crippen molar-refractivity contribution >= 4 is 44.4 Å². The van der Waals surface area contributed by atoms with Gasteiger partial charge in [-0.05, 0) is 117 Å². The Kier molecular flexibility index (Phi) is 9.02. The van der Waals surface area contributed by atoms with Crippen molar-refractivity contribution in [1.29, 1.82) is 0 Å². The Morgan fingerprint density at radius 1 is 0.885 bits per heavy atom. The zero-order valence-corrected chi connectivity index (χ0v) is 31.3. The standard InChI is InChI=1S/C42H48N4O5S/c1-26(2)52(49,50)43-41(47)28-14-18-37-38(22-28)45-23-30(34-12-8-9-13-36(34)42(48)46-31-15-16-32(46)25-44(3)24-31)20-29-21-33(51-4)17-19-35(29)40(45)39(37)27-10-6-5-7-11-27/h8-9,12-14,17-22,26-27,31-32H,5-7,10-11,15-16,23-25H2,1-4H3,(H,43,47). The van der Waals surface area contributed by atoms with Gasteiger partial charge in [0, 0.05) is 59.3 Å². The molecule has 4 aliphatic rings. The van der Waals surface area contributed by atoms with E-state index in [1.807, 2.05) is 36.4 Å². The third-order valence-electron chi connectivity index (χ3n) is 11.8. The number of likely N-dealkylation sites (N-methyl/N-ethyl adjacent to an activating group) is 1. The molecule has 3 aliphatic heterocycles. The molecule has 10 heteroatoms. The number of hydrogen-bond donors (Lipinski definition) is 1. The van der Waals surface area contributed by atoms with Crippen LogP contribution in [0.2, 0.25) is 0 Å². The maximum atomic E-state index is 14.6. The maximum Gasteiger partial charge on any atom is 0.264 e. The summed E-state index contributed by atoms with van der Waals surface area (Å²) in [6.07, 6.45) is 9.96. The first-order chi connectivity index (χ1) is 25.0. The molecule has 4 aromatic rings. The molecule has 0 radical (unpaired) electrons. The van der Waals surface area contributed by atoms with Crippen LogP contribution in [0.25, 0.3) is 33.8 Å². The summed E-state index contributed by atoms with van der Waals surface area (Å²) in [4.78, 5) is 32.5. The molecule has 9 nitrogen and oxygen atoms in total. The number of amides is 2. The molecule has 8 rings (SSSR count). The quantitative estimate of drug-likeness (QED) is 0.215. The number of nitrogens with zero attached hydrogens (tertiary/aromatic N) is 3. The normalized spacial score (nSPS) is 20.7. The van der Waals surface area contributed by atoms with Crippen molar-refractivity contribution in [1.82, 2.24) is 19.1 Å². The Bertz CT molecular complexity index is 2200. The van der Waals surface area contributed by atoms with Crippen LogP contribution >= 0.6 is 0 Å². The number of carbonyl (C=O) groups excluding carboxylic acids is 2. The van der Waals surface area contributed by atoms with Crippen LogP contribution in [-0.2, 0) is 16.6 Å². The molecule has 52 heavy (non-hydrogen) atoms. The Labute approximate surface area is 306 Å². The van der Waals surface area contributed by atoms with E-state index in [0.29, 0.717) is 18.0 Å². The van der Waals surface area contributed by atoms with Gasteiger partial charge in [0.1, 0.15) is 5.75 Å². The van der Waals surface area contributed by atoms with Crippen LogP contribution < -0.4 is 9.46 Å². The predicted octanol–water partition coefficient (Wildman–Crippen LogP) is 7.31. The smallest absolute Gasteiger partial charge is 0.264 e. The summed E-state index contributed by atoms with van der Waals surface area (Å²) in [6.45, 7) is 5.35. The van der Waals surface area contributed by atoms with Gasteiger partial charge in [-0.25, -0.2) is 13.1 Å². The number of benzene rings is 3. The van der Waals surface area contributed by atoms with Gasteiger partial charge in [-0.15, -0.1) is 0 Å². The van der Waals surface area contributed by atoms with Crippen molar-refractivity contribution in [3.8, 4) is 17.0 Å². The predicted molar refractivity (Wildman–Crippen MR) is 206 cm³/mol. The minimum Gasteiger partial charge on any atom is -0.497 e. The van der Waals surface area contributed by atoms with Gasteiger partial charge in [-0.3, -0.25) is 9.59 Å². The molecule has 2 saturated heterocycles. The second-order valence-electron chi connectivity index (χ2n) is 15.4. The minimum absolute atomic E-state index is 0.0815. The van der Waals surface area contributed by atoms with Crippen molar-refractivity contribution in [3.05, 3.63) is 88.5 Å². The van der Waals surface area contributed by atoms with E-state index in [-0.39, 0.29) is 23.6 Å². The number of piperazine rings is 1. The molecule has 3 aromatic carbocycles. The van der Waals surface area contributed by atoms with Crippen LogP contribution in [0.3, 0.4) is 0 Å². The van der Waals surface area contributed by atoms with Gasteiger partial charge >= 0.3 is 0 Å². The molecule has 2 atom stereocenters. The van der Waals surface area contributed by atoms with Gasteiger partial charge in [-0.1, -0.05) is 43.5 Å². The maximum absolute atomic E-state index is 14.6. The molecular weight excluding hydrogens is 673 g/mol. The van der Waals surface area contributed by atoms with Gasteiger partial charge in [-0.2, -0.15) is 0 Å². The highest BCUT2D eigenvalue weighted by molar-refractivity contribution is 7.90. The molecule has 3 fully saturated rings. The van der Waals surface area contributed by atoms with E-state index in [1.165, 1.54) is 12.0 Å². The van der Waals surface area contributed by atoms with Gasteiger partial charge in [0.25, 0.3) is 11.8 Å². The first-order valence-corrected chi connectivity index (χ1v) is 20.3. The molecule has 2 bridgehead atoms. The Hall–Kier alpha value is -4.41. The number of fused-ring (bicyclic) bond motifs is 7. The SMILES string of the molecule is COc1ccc2c(c1)C=C(c1ccccc1C(=O)N1C3CCC1CN(C)C3)Cn1c-2c(C2CCCCC2)c2ccc(C(=O)NS(=O)(=O)C(C)C)cc21. The van der Waals surface area contributed by atoms with Crippen LogP contribution in [0.4, 0.5) is 0 Å². The van der Waals surface area contributed by atoms with Crippen molar-refractivity contribution < 1.29 is 22.7 Å². The van der Waals surface area contributed by atoms with E-state index in [2.05, 4.69) is 50.4 Å². The summed E-state index contributed by atoms with van der Waals surface area (Å²) in [5.74, 6) is 0.532. The number of methoxy groups -OCH3 is 1. The molecule has 1 aliphatic carbocycles. The Morgan fingerprint density at radius 3 is 2.33 bits per heavy atom. The summed E-state index contributed by atoms with van der Waals surface area (Å²) in [5, 5.41) is 0.333. The summed E-state index contributed by atoms with van der Waals surface area (Å²) >= 11 is 0. The monoisotopic (exact) mass is 720 g/mol. The van der Waals surface area contributed by atoms with Crippen molar-refractivity contribution in [2.24, 2.45) is 0 Å².